The van der Waals surface area contributed by atoms with Crippen LogP contribution in [-0.2, 0) is 6.18 Å². The molecule has 104 valence electrons. The number of carbonyl (C=O) groups excluding carboxylic acids is 1. The standard InChI is InChI=1S/C14H11F3N2O/c15-14(16,17)9-6-4-8(5-7-9)13(20)12-10(18)2-1-3-11(12)19/h1-7H,18-19H2. The van der Waals surface area contributed by atoms with E-state index in [0.717, 1.165) is 24.3 Å². The number of anilines is 2. The molecule has 0 unspecified atom stereocenters. The number of carbonyl (C=O) groups is 1. The van der Waals surface area contributed by atoms with Crippen LogP contribution < -0.4 is 11.5 Å². The van der Waals surface area contributed by atoms with Crippen molar-refractivity contribution in [3.8, 4) is 0 Å². The van der Waals surface area contributed by atoms with Gasteiger partial charge in [-0.15, -0.1) is 0 Å². The van der Waals surface area contributed by atoms with Gasteiger partial charge in [0.25, 0.3) is 0 Å². The smallest absolute Gasteiger partial charge is 0.398 e. The molecule has 0 saturated carbocycles. The summed E-state index contributed by atoms with van der Waals surface area (Å²) >= 11 is 0. The van der Waals surface area contributed by atoms with Crippen LogP contribution in [0.2, 0.25) is 0 Å². The van der Waals surface area contributed by atoms with E-state index >= 15 is 0 Å². The van der Waals surface area contributed by atoms with E-state index in [2.05, 4.69) is 0 Å². The van der Waals surface area contributed by atoms with Crippen molar-refractivity contribution in [3.63, 3.8) is 0 Å². The summed E-state index contributed by atoms with van der Waals surface area (Å²) in [7, 11) is 0. The van der Waals surface area contributed by atoms with Crippen LogP contribution in [0.4, 0.5) is 24.5 Å². The Bertz CT molecular complexity index is 628. The summed E-state index contributed by atoms with van der Waals surface area (Å²) in [5.74, 6) is -0.505. The normalized spacial score (nSPS) is 11.3. The first-order valence-corrected chi connectivity index (χ1v) is 5.66. The van der Waals surface area contributed by atoms with Crippen molar-refractivity contribution in [2.24, 2.45) is 0 Å². The highest BCUT2D eigenvalue weighted by Gasteiger charge is 2.30. The van der Waals surface area contributed by atoms with E-state index in [1.54, 1.807) is 6.07 Å². The van der Waals surface area contributed by atoms with Crippen LogP contribution >= 0.6 is 0 Å². The Morgan fingerprint density at radius 2 is 1.40 bits per heavy atom. The maximum Gasteiger partial charge on any atom is 0.416 e. The summed E-state index contributed by atoms with van der Waals surface area (Å²) in [5, 5.41) is 0. The fourth-order valence-corrected chi connectivity index (χ4v) is 1.81. The minimum Gasteiger partial charge on any atom is -0.398 e. The third-order valence-electron chi connectivity index (χ3n) is 2.83. The largest absolute Gasteiger partial charge is 0.416 e. The lowest BCUT2D eigenvalue weighted by Gasteiger charge is -2.10. The fraction of sp³-hybridized carbons (Fsp3) is 0.0714. The van der Waals surface area contributed by atoms with Gasteiger partial charge >= 0.3 is 6.18 Å². The monoisotopic (exact) mass is 280 g/mol. The number of hydrogen-bond acceptors (Lipinski definition) is 3. The zero-order valence-electron chi connectivity index (χ0n) is 10.2. The van der Waals surface area contributed by atoms with E-state index in [9.17, 15) is 18.0 Å². The third kappa shape index (κ3) is 2.59. The van der Waals surface area contributed by atoms with Crippen molar-refractivity contribution >= 4 is 17.2 Å². The van der Waals surface area contributed by atoms with Gasteiger partial charge in [0.15, 0.2) is 5.78 Å². The highest BCUT2D eigenvalue weighted by atomic mass is 19.4. The Kier molecular flexibility index (Phi) is 3.40. The van der Waals surface area contributed by atoms with Gasteiger partial charge in [-0.1, -0.05) is 18.2 Å². The number of nitrogens with two attached hydrogens (primary N) is 2. The van der Waals surface area contributed by atoms with E-state index in [4.69, 9.17) is 11.5 Å². The molecule has 0 amide bonds. The number of hydrogen-bond donors (Lipinski definition) is 2. The molecule has 0 radical (unpaired) electrons. The molecule has 3 nitrogen and oxygen atoms in total. The number of benzene rings is 2. The average molecular weight is 280 g/mol. The molecule has 0 aromatic heterocycles. The Morgan fingerprint density at radius 3 is 1.85 bits per heavy atom. The maximum absolute atomic E-state index is 12.4. The molecule has 0 spiro atoms. The van der Waals surface area contributed by atoms with Gasteiger partial charge in [0.05, 0.1) is 11.1 Å². The number of rotatable bonds is 2. The van der Waals surface area contributed by atoms with Gasteiger partial charge in [0.2, 0.25) is 0 Å². The Morgan fingerprint density at radius 1 is 0.900 bits per heavy atom. The minimum absolute atomic E-state index is 0.0996. The predicted molar refractivity (Wildman–Crippen MR) is 70.1 cm³/mol. The summed E-state index contributed by atoms with van der Waals surface area (Å²) in [6.07, 6.45) is -4.44. The molecule has 2 aromatic rings. The molecular weight excluding hydrogens is 269 g/mol. The molecule has 20 heavy (non-hydrogen) atoms. The molecule has 0 heterocycles. The predicted octanol–water partition coefficient (Wildman–Crippen LogP) is 3.10. The lowest BCUT2D eigenvalue weighted by atomic mass is 9.99. The van der Waals surface area contributed by atoms with Crippen LogP contribution in [0.5, 0.6) is 0 Å². The van der Waals surface area contributed by atoms with Crippen molar-refractivity contribution in [1.29, 1.82) is 0 Å². The number of nitrogen functional groups attached to an aromatic ring is 2. The van der Waals surface area contributed by atoms with Crippen molar-refractivity contribution in [3.05, 3.63) is 59.2 Å². The fourth-order valence-electron chi connectivity index (χ4n) is 1.81. The van der Waals surface area contributed by atoms with Crippen molar-refractivity contribution < 1.29 is 18.0 Å². The molecule has 6 heteroatoms. The lowest BCUT2D eigenvalue weighted by molar-refractivity contribution is -0.137. The van der Waals surface area contributed by atoms with Gasteiger partial charge in [-0.05, 0) is 24.3 Å². The lowest BCUT2D eigenvalue weighted by Crippen LogP contribution is -2.10. The van der Waals surface area contributed by atoms with Gasteiger partial charge in [-0.2, -0.15) is 13.2 Å². The summed E-state index contributed by atoms with van der Waals surface area (Å²) in [6.45, 7) is 0. The molecule has 2 rings (SSSR count). The molecule has 0 bridgehead atoms. The van der Waals surface area contributed by atoms with Gasteiger partial charge < -0.3 is 11.5 Å². The molecule has 0 saturated heterocycles. The average Bonchev–Trinajstić information content (AvgIpc) is 2.37. The third-order valence-corrected chi connectivity index (χ3v) is 2.83. The molecule has 4 N–H and O–H groups in total. The second-order valence-electron chi connectivity index (χ2n) is 4.22. The summed E-state index contributed by atoms with van der Waals surface area (Å²) < 4.78 is 37.3. The topological polar surface area (TPSA) is 69.1 Å². The maximum atomic E-state index is 12.4. The molecule has 0 aliphatic heterocycles. The number of alkyl halides is 3. The molecule has 0 aliphatic rings. The summed E-state index contributed by atoms with van der Waals surface area (Å²) in [5.41, 5.74) is 11.1. The van der Waals surface area contributed by atoms with Crippen LogP contribution in [-0.4, -0.2) is 5.78 Å². The van der Waals surface area contributed by atoms with Crippen molar-refractivity contribution in [1.82, 2.24) is 0 Å². The SMILES string of the molecule is Nc1cccc(N)c1C(=O)c1ccc(C(F)(F)F)cc1. The van der Waals surface area contributed by atoms with Crippen LogP contribution in [0.3, 0.4) is 0 Å². The summed E-state index contributed by atoms with van der Waals surface area (Å²) in [6, 6.07) is 8.52. The van der Waals surface area contributed by atoms with Crippen LogP contribution in [0.1, 0.15) is 21.5 Å². The van der Waals surface area contributed by atoms with Crippen LogP contribution in [0.15, 0.2) is 42.5 Å². The highest BCUT2D eigenvalue weighted by Crippen LogP contribution is 2.30. The van der Waals surface area contributed by atoms with E-state index in [1.807, 2.05) is 0 Å². The van der Waals surface area contributed by atoms with Gasteiger partial charge in [0.1, 0.15) is 0 Å². The highest BCUT2D eigenvalue weighted by molar-refractivity contribution is 6.15. The quantitative estimate of drug-likeness (QED) is 0.656. The van der Waals surface area contributed by atoms with E-state index in [0.29, 0.717) is 0 Å². The zero-order chi connectivity index (χ0) is 14.9. The van der Waals surface area contributed by atoms with Gasteiger partial charge in [0, 0.05) is 16.9 Å². The number of halogens is 3. The molecule has 0 fully saturated rings. The van der Waals surface area contributed by atoms with E-state index in [1.165, 1.54) is 12.1 Å². The second-order valence-corrected chi connectivity index (χ2v) is 4.22. The molecule has 2 aromatic carbocycles. The van der Waals surface area contributed by atoms with E-state index < -0.39 is 17.5 Å². The van der Waals surface area contributed by atoms with Crippen LogP contribution in [0.25, 0.3) is 0 Å². The molecular formula is C14H11F3N2O. The molecule has 0 atom stereocenters. The summed E-state index contributed by atoms with van der Waals surface area (Å²) in [4.78, 5) is 12.2. The molecule has 0 aliphatic carbocycles. The van der Waals surface area contributed by atoms with Gasteiger partial charge in [-0.25, -0.2) is 0 Å². The first-order chi connectivity index (χ1) is 9.30. The first kappa shape index (κ1) is 13.9. The van der Waals surface area contributed by atoms with E-state index in [-0.39, 0.29) is 22.5 Å². The minimum atomic E-state index is -4.44. The Labute approximate surface area is 113 Å². The Hall–Kier alpha value is -2.50. The zero-order valence-corrected chi connectivity index (χ0v) is 10.2. The van der Waals surface area contributed by atoms with Crippen molar-refractivity contribution in [2.75, 3.05) is 11.5 Å². The van der Waals surface area contributed by atoms with Crippen LogP contribution in [0, 0.1) is 0 Å². The second kappa shape index (κ2) is 4.88. The number of ketones is 1. The Balaban J connectivity index is 2.40. The van der Waals surface area contributed by atoms with Crippen molar-refractivity contribution in [2.45, 2.75) is 6.18 Å². The first-order valence-electron chi connectivity index (χ1n) is 5.66. The van der Waals surface area contributed by atoms with Gasteiger partial charge in [-0.3, -0.25) is 4.79 Å².